The number of nitrogens with zero attached hydrogens (tertiary/aromatic N) is 4. The van der Waals surface area contributed by atoms with E-state index in [9.17, 15) is 0 Å². The summed E-state index contributed by atoms with van der Waals surface area (Å²) in [7, 11) is 0. The lowest BCUT2D eigenvalue weighted by molar-refractivity contribution is 0.568. The lowest BCUT2D eigenvalue weighted by Gasteiger charge is -2.16. The van der Waals surface area contributed by atoms with Crippen LogP contribution in [0.25, 0.3) is 11.2 Å². The molecule has 0 atom stereocenters. The number of fused-ring (bicyclic) bond motifs is 1. The second kappa shape index (κ2) is 3.12. The summed E-state index contributed by atoms with van der Waals surface area (Å²) < 4.78 is 0. The molecule has 0 unspecified atom stereocenters. The van der Waals surface area contributed by atoms with Gasteiger partial charge in [0.2, 0.25) is 5.95 Å². The van der Waals surface area contributed by atoms with Crippen molar-refractivity contribution in [3.05, 3.63) is 18.1 Å². The summed E-state index contributed by atoms with van der Waals surface area (Å²) in [6.45, 7) is 6.23. The molecule has 78 valence electrons. The maximum Gasteiger partial charge on any atom is 0.222 e. The minimum Gasteiger partial charge on any atom is -0.368 e. The second-order valence-corrected chi connectivity index (χ2v) is 4.44. The predicted molar refractivity (Wildman–Crippen MR) is 58.2 cm³/mol. The Labute approximate surface area is 87.8 Å². The fourth-order valence-corrected chi connectivity index (χ4v) is 1.19. The Balaban J connectivity index is 2.64. The van der Waals surface area contributed by atoms with Crippen LogP contribution in [0, 0.1) is 0 Å². The van der Waals surface area contributed by atoms with Gasteiger partial charge < -0.3 is 5.73 Å². The Hall–Kier alpha value is -1.78. The van der Waals surface area contributed by atoms with Gasteiger partial charge in [0.15, 0.2) is 5.65 Å². The molecule has 2 heterocycles. The molecule has 0 aliphatic rings. The molecule has 0 bridgehead atoms. The molecule has 0 aliphatic heterocycles. The quantitative estimate of drug-likeness (QED) is 0.698. The van der Waals surface area contributed by atoms with E-state index in [0.717, 1.165) is 5.69 Å². The van der Waals surface area contributed by atoms with Gasteiger partial charge in [0.25, 0.3) is 0 Å². The molecule has 0 aliphatic carbocycles. The molecule has 2 rings (SSSR count). The lowest BCUT2D eigenvalue weighted by Crippen LogP contribution is -2.14. The number of hydrogen-bond acceptors (Lipinski definition) is 5. The summed E-state index contributed by atoms with van der Waals surface area (Å²) in [4.78, 5) is 16.6. The Morgan fingerprint density at radius 3 is 2.47 bits per heavy atom. The van der Waals surface area contributed by atoms with Crippen LogP contribution >= 0.6 is 0 Å². The van der Waals surface area contributed by atoms with Gasteiger partial charge in [0, 0.05) is 11.6 Å². The van der Waals surface area contributed by atoms with Crippen molar-refractivity contribution in [2.75, 3.05) is 5.73 Å². The predicted octanol–water partition coefficient (Wildman–Crippen LogP) is 1.30. The van der Waals surface area contributed by atoms with Crippen molar-refractivity contribution in [1.29, 1.82) is 0 Å². The zero-order chi connectivity index (χ0) is 11.1. The van der Waals surface area contributed by atoms with Crippen molar-refractivity contribution >= 4 is 17.1 Å². The number of nitrogen functional groups attached to an aromatic ring is 1. The van der Waals surface area contributed by atoms with Gasteiger partial charge in [-0.15, -0.1) is 0 Å². The largest absolute Gasteiger partial charge is 0.368 e. The van der Waals surface area contributed by atoms with Crippen LogP contribution in [0.1, 0.15) is 26.5 Å². The van der Waals surface area contributed by atoms with Crippen molar-refractivity contribution in [3.8, 4) is 0 Å². The van der Waals surface area contributed by atoms with E-state index in [2.05, 4.69) is 40.7 Å². The molecule has 5 heteroatoms. The van der Waals surface area contributed by atoms with E-state index < -0.39 is 0 Å². The standard InChI is InChI=1S/C10H13N5/c1-10(2,3)7-5-12-6-4-13-9(11)15-8(6)14-7/h4-5H,1-3H3,(H2,11,13,14,15). The van der Waals surface area contributed by atoms with Gasteiger partial charge >= 0.3 is 0 Å². The van der Waals surface area contributed by atoms with E-state index in [1.807, 2.05) is 0 Å². The molecular formula is C10H13N5. The molecule has 15 heavy (non-hydrogen) atoms. The van der Waals surface area contributed by atoms with E-state index in [4.69, 9.17) is 5.73 Å². The Morgan fingerprint density at radius 1 is 1.07 bits per heavy atom. The van der Waals surface area contributed by atoms with Crippen LogP contribution in [-0.4, -0.2) is 19.9 Å². The number of nitrogens with two attached hydrogens (primary N) is 1. The van der Waals surface area contributed by atoms with Crippen molar-refractivity contribution in [3.63, 3.8) is 0 Å². The molecule has 0 spiro atoms. The van der Waals surface area contributed by atoms with E-state index in [-0.39, 0.29) is 11.4 Å². The number of aromatic nitrogens is 4. The average Bonchev–Trinajstić information content (AvgIpc) is 2.15. The Bertz CT molecular complexity index is 501. The highest BCUT2D eigenvalue weighted by atomic mass is 15.0. The van der Waals surface area contributed by atoms with Crippen molar-refractivity contribution in [2.24, 2.45) is 0 Å². The first-order valence-corrected chi connectivity index (χ1v) is 4.72. The average molecular weight is 203 g/mol. The third-order valence-electron chi connectivity index (χ3n) is 2.09. The third kappa shape index (κ3) is 1.86. The zero-order valence-electron chi connectivity index (χ0n) is 9.02. The molecule has 0 amide bonds. The topological polar surface area (TPSA) is 77.6 Å². The summed E-state index contributed by atoms with van der Waals surface area (Å²) in [6.07, 6.45) is 3.33. The Kier molecular flexibility index (Phi) is 2.03. The smallest absolute Gasteiger partial charge is 0.222 e. The second-order valence-electron chi connectivity index (χ2n) is 4.44. The number of hydrogen-bond donors (Lipinski definition) is 1. The van der Waals surface area contributed by atoms with Gasteiger partial charge in [-0.1, -0.05) is 20.8 Å². The van der Waals surface area contributed by atoms with Gasteiger partial charge in [0.1, 0.15) is 5.52 Å². The lowest BCUT2D eigenvalue weighted by atomic mass is 9.93. The van der Waals surface area contributed by atoms with Crippen LogP contribution in [0.4, 0.5) is 5.95 Å². The number of rotatable bonds is 0. The van der Waals surface area contributed by atoms with Crippen LogP contribution < -0.4 is 5.73 Å². The fraction of sp³-hybridized carbons (Fsp3) is 0.400. The van der Waals surface area contributed by atoms with Crippen LogP contribution in [-0.2, 0) is 5.41 Å². The molecule has 0 radical (unpaired) electrons. The first kappa shape index (κ1) is 9.76. The fourth-order valence-electron chi connectivity index (χ4n) is 1.19. The van der Waals surface area contributed by atoms with E-state index in [1.165, 1.54) is 0 Å². The number of anilines is 1. The van der Waals surface area contributed by atoms with Gasteiger partial charge in [-0.3, -0.25) is 0 Å². The van der Waals surface area contributed by atoms with Gasteiger partial charge in [-0.25, -0.2) is 15.0 Å². The SMILES string of the molecule is CC(C)(C)c1cnc2cnc(N)nc2n1. The summed E-state index contributed by atoms with van der Waals surface area (Å²) in [6, 6.07) is 0. The van der Waals surface area contributed by atoms with Crippen LogP contribution in [0.15, 0.2) is 12.4 Å². The normalized spacial score (nSPS) is 11.9. The van der Waals surface area contributed by atoms with Gasteiger partial charge in [0.05, 0.1) is 11.9 Å². The molecule has 0 saturated carbocycles. The van der Waals surface area contributed by atoms with Crippen LogP contribution in [0.3, 0.4) is 0 Å². The van der Waals surface area contributed by atoms with Gasteiger partial charge in [-0.05, 0) is 0 Å². The zero-order valence-corrected chi connectivity index (χ0v) is 9.02. The van der Waals surface area contributed by atoms with E-state index in [0.29, 0.717) is 11.2 Å². The maximum atomic E-state index is 5.49. The molecule has 5 nitrogen and oxygen atoms in total. The minimum atomic E-state index is -0.0408. The molecule has 2 N–H and O–H groups in total. The highest BCUT2D eigenvalue weighted by Crippen LogP contribution is 2.20. The molecule has 2 aromatic heterocycles. The molecular weight excluding hydrogens is 190 g/mol. The van der Waals surface area contributed by atoms with Crippen LogP contribution in [0.2, 0.25) is 0 Å². The van der Waals surface area contributed by atoms with Crippen LogP contribution in [0.5, 0.6) is 0 Å². The summed E-state index contributed by atoms with van der Waals surface area (Å²) in [5.74, 6) is 0.225. The summed E-state index contributed by atoms with van der Waals surface area (Å²) >= 11 is 0. The summed E-state index contributed by atoms with van der Waals surface area (Å²) in [5.41, 5.74) is 7.56. The summed E-state index contributed by atoms with van der Waals surface area (Å²) in [5, 5.41) is 0. The first-order valence-electron chi connectivity index (χ1n) is 4.72. The van der Waals surface area contributed by atoms with Crippen molar-refractivity contribution < 1.29 is 0 Å². The molecule has 0 fully saturated rings. The van der Waals surface area contributed by atoms with E-state index >= 15 is 0 Å². The Morgan fingerprint density at radius 2 is 1.80 bits per heavy atom. The highest BCUT2D eigenvalue weighted by Gasteiger charge is 2.16. The highest BCUT2D eigenvalue weighted by molar-refractivity contribution is 5.69. The van der Waals surface area contributed by atoms with Gasteiger partial charge in [-0.2, -0.15) is 4.98 Å². The molecule has 0 aromatic carbocycles. The molecule has 0 saturated heterocycles. The van der Waals surface area contributed by atoms with E-state index in [1.54, 1.807) is 12.4 Å². The van der Waals surface area contributed by atoms with Crippen molar-refractivity contribution in [2.45, 2.75) is 26.2 Å². The molecule has 2 aromatic rings. The van der Waals surface area contributed by atoms with Crippen molar-refractivity contribution in [1.82, 2.24) is 19.9 Å². The first-order chi connectivity index (χ1) is 6.97. The maximum absolute atomic E-state index is 5.49. The monoisotopic (exact) mass is 203 g/mol. The third-order valence-corrected chi connectivity index (χ3v) is 2.09. The minimum absolute atomic E-state index is 0.0408.